The Balaban J connectivity index is 2.38. The molecule has 4 heteroatoms. The highest BCUT2D eigenvalue weighted by Crippen LogP contribution is 2.20. The number of rotatable bonds is 4. The first-order valence-corrected chi connectivity index (χ1v) is 6.56. The molecule has 0 aliphatic heterocycles. The second-order valence-corrected chi connectivity index (χ2v) is 4.76. The zero-order valence-corrected chi connectivity index (χ0v) is 10.4. The quantitative estimate of drug-likeness (QED) is 0.780. The summed E-state index contributed by atoms with van der Waals surface area (Å²) in [5.41, 5.74) is 1.04. The molecule has 0 saturated heterocycles. The van der Waals surface area contributed by atoms with Gasteiger partial charge in [0.25, 0.3) is 0 Å². The Morgan fingerprint density at radius 3 is 2.59 bits per heavy atom. The highest BCUT2D eigenvalue weighted by atomic mass is 32.2. The Hall–Kier alpha value is -1.23. The molecule has 2 aromatic carbocycles. The van der Waals surface area contributed by atoms with Gasteiger partial charge in [-0.25, -0.2) is 4.31 Å². The van der Waals surface area contributed by atoms with Crippen molar-refractivity contribution in [3.05, 3.63) is 48.0 Å². The number of nitrogens with zero attached hydrogens (tertiary/aromatic N) is 1. The van der Waals surface area contributed by atoms with E-state index in [2.05, 4.69) is 0 Å². The minimum atomic E-state index is -2.16. The van der Waals surface area contributed by atoms with Gasteiger partial charge < -0.3 is 4.55 Å². The predicted octanol–water partition coefficient (Wildman–Crippen LogP) is 2.46. The summed E-state index contributed by atoms with van der Waals surface area (Å²) in [6.45, 7) is 2.74. The van der Waals surface area contributed by atoms with Crippen molar-refractivity contribution in [3.63, 3.8) is 0 Å². The number of hydrogen-bond donors (Lipinski definition) is 0. The third-order valence-corrected chi connectivity index (χ3v) is 3.60. The number of benzene rings is 2. The molecule has 0 aliphatic rings. The van der Waals surface area contributed by atoms with Crippen LogP contribution in [0, 0.1) is 0 Å². The summed E-state index contributed by atoms with van der Waals surface area (Å²) in [7, 11) is 0. The molecule has 1 unspecified atom stereocenters. The molecular formula is C13H14NO2S-. The van der Waals surface area contributed by atoms with Crippen molar-refractivity contribution in [1.29, 1.82) is 0 Å². The van der Waals surface area contributed by atoms with Gasteiger partial charge in [0, 0.05) is 24.4 Å². The summed E-state index contributed by atoms with van der Waals surface area (Å²) < 4.78 is 23.4. The molecule has 3 nitrogen and oxygen atoms in total. The Morgan fingerprint density at radius 2 is 1.88 bits per heavy atom. The lowest BCUT2D eigenvalue weighted by molar-refractivity contribution is 0.397. The highest BCUT2D eigenvalue weighted by Gasteiger charge is 2.06. The molecule has 0 amide bonds. The molecule has 0 radical (unpaired) electrons. The maximum absolute atomic E-state index is 11.0. The topological polar surface area (TPSA) is 43.4 Å². The lowest BCUT2D eigenvalue weighted by Gasteiger charge is -2.23. The lowest BCUT2D eigenvalue weighted by Crippen LogP contribution is -2.24. The number of fused-ring (bicyclic) bond motifs is 1. The Morgan fingerprint density at radius 1 is 1.18 bits per heavy atom. The summed E-state index contributed by atoms with van der Waals surface area (Å²) >= 11 is -2.16. The van der Waals surface area contributed by atoms with E-state index in [9.17, 15) is 8.76 Å². The average Bonchev–Trinajstić information content (AvgIpc) is 2.35. The second kappa shape index (κ2) is 5.40. The van der Waals surface area contributed by atoms with Crippen LogP contribution in [0.3, 0.4) is 0 Å². The van der Waals surface area contributed by atoms with Crippen LogP contribution in [0.5, 0.6) is 0 Å². The maximum Gasteiger partial charge on any atom is 0.0359 e. The van der Waals surface area contributed by atoms with E-state index in [-0.39, 0.29) is 0 Å². The Labute approximate surface area is 103 Å². The number of hydrogen-bond acceptors (Lipinski definition) is 2. The third-order valence-electron chi connectivity index (χ3n) is 2.79. The van der Waals surface area contributed by atoms with E-state index >= 15 is 0 Å². The Bertz CT molecular complexity index is 536. The third kappa shape index (κ3) is 2.72. The Kier molecular flexibility index (Phi) is 3.89. The fourth-order valence-corrected chi connectivity index (χ4v) is 2.35. The van der Waals surface area contributed by atoms with Crippen molar-refractivity contribution in [1.82, 2.24) is 4.31 Å². The van der Waals surface area contributed by atoms with Gasteiger partial charge in [0.05, 0.1) is 0 Å². The lowest BCUT2D eigenvalue weighted by atomic mass is 10.0. The first-order valence-electron chi connectivity index (χ1n) is 5.53. The van der Waals surface area contributed by atoms with Crippen LogP contribution in [0.25, 0.3) is 10.8 Å². The molecule has 0 N–H and O–H groups in total. The molecule has 17 heavy (non-hydrogen) atoms. The molecule has 0 spiro atoms. The van der Waals surface area contributed by atoms with E-state index in [1.165, 1.54) is 4.31 Å². The average molecular weight is 248 g/mol. The van der Waals surface area contributed by atoms with Gasteiger partial charge in [-0.1, -0.05) is 49.4 Å². The highest BCUT2D eigenvalue weighted by molar-refractivity contribution is 7.76. The summed E-state index contributed by atoms with van der Waals surface area (Å²) in [6, 6.07) is 14.0. The summed E-state index contributed by atoms with van der Waals surface area (Å²) in [5.74, 6) is 0. The molecule has 0 heterocycles. The van der Waals surface area contributed by atoms with Crippen LogP contribution in [-0.4, -0.2) is 19.6 Å². The molecule has 0 fully saturated rings. The fraction of sp³-hybridized carbons (Fsp3) is 0.231. The second-order valence-electron chi connectivity index (χ2n) is 3.81. The van der Waals surface area contributed by atoms with E-state index in [1.807, 2.05) is 49.4 Å². The van der Waals surface area contributed by atoms with Gasteiger partial charge in [-0.3, -0.25) is 4.21 Å². The van der Waals surface area contributed by atoms with Gasteiger partial charge in [-0.2, -0.15) is 0 Å². The maximum atomic E-state index is 11.0. The van der Waals surface area contributed by atoms with Crippen LogP contribution in [0.1, 0.15) is 12.5 Å². The zero-order valence-electron chi connectivity index (χ0n) is 9.63. The van der Waals surface area contributed by atoms with E-state index in [1.54, 1.807) is 0 Å². The summed E-state index contributed by atoms with van der Waals surface area (Å²) in [6.07, 6.45) is 0. The molecule has 0 aromatic heterocycles. The summed E-state index contributed by atoms with van der Waals surface area (Å²) in [4.78, 5) is 0. The predicted molar refractivity (Wildman–Crippen MR) is 69.0 cm³/mol. The molecule has 0 aliphatic carbocycles. The van der Waals surface area contributed by atoms with Crippen molar-refractivity contribution in [3.8, 4) is 0 Å². The largest absolute Gasteiger partial charge is 0.760 e. The first-order chi connectivity index (χ1) is 8.22. The van der Waals surface area contributed by atoms with E-state index in [0.717, 1.165) is 16.3 Å². The van der Waals surface area contributed by atoms with Crippen LogP contribution in [0.2, 0.25) is 0 Å². The fourth-order valence-electron chi connectivity index (χ4n) is 1.89. The standard InChI is InChI=1S/C13H15NO2S/c1-2-14(17(15)16)10-12-8-5-7-11-6-3-4-9-13(11)12/h3-9H,2,10H2,1H3,(H,15,16)/p-1. The van der Waals surface area contributed by atoms with Gasteiger partial charge in [-0.15, -0.1) is 0 Å². The smallest absolute Gasteiger partial charge is 0.0359 e. The van der Waals surface area contributed by atoms with Gasteiger partial charge in [0.2, 0.25) is 0 Å². The van der Waals surface area contributed by atoms with Gasteiger partial charge in [-0.05, 0) is 16.3 Å². The van der Waals surface area contributed by atoms with E-state index in [4.69, 9.17) is 0 Å². The zero-order chi connectivity index (χ0) is 12.3. The van der Waals surface area contributed by atoms with Gasteiger partial charge in [0.1, 0.15) is 0 Å². The van der Waals surface area contributed by atoms with Crippen LogP contribution < -0.4 is 0 Å². The molecule has 1 atom stereocenters. The molecule has 0 bridgehead atoms. The normalized spacial score (nSPS) is 13.1. The van der Waals surface area contributed by atoms with E-state index in [0.29, 0.717) is 13.1 Å². The van der Waals surface area contributed by atoms with Crippen molar-refractivity contribution in [2.75, 3.05) is 6.54 Å². The van der Waals surface area contributed by atoms with E-state index < -0.39 is 11.3 Å². The van der Waals surface area contributed by atoms with Crippen molar-refractivity contribution < 1.29 is 8.76 Å². The molecular weight excluding hydrogens is 234 g/mol. The van der Waals surface area contributed by atoms with Crippen molar-refractivity contribution in [2.24, 2.45) is 0 Å². The molecule has 2 rings (SSSR count). The van der Waals surface area contributed by atoms with Crippen LogP contribution in [0.15, 0.2) is 42.5 Å². The van der Waals surface area contributed by atoms with Crippen molar-refractivity contribution in [2.45, 2.75) is 13.5 Å². The molecule has 2 aromatic rings. The van der Waals surface area contributed by atoms with Crippen LogP contribution >= 0.6 is 0 Å². The molecule has 90 valence electrons. The molecule has 0 saturated carbocycles. The SMILES string of the molecule is CCN(Cc1cccc2ccccc12)S(=O)[O-]. The summed E-state index contributed by atoms with van der Waals surface area (Å²) in [5, 5.41) is 2.25. The van der Waals surface area contributed by atoms with Crippen molar-refractivity contribution >= 4 is 22.0 Å². The monoisotopic (exact) mass is 248 g/mol. The minimum Gasteiger partial charge on any atom is -0.760 e. The van der Waals surface area contributed by atoms with Crippen LogP contribution in [-0.2, 0) is 17.8 Å². The van der Waals surface area contributed by atoms with Gasteiger partial charge >= 0.3 is 0 Å². The van der Waals surface area contributed by atoms with Gasteiger partial charge in [0.15, 0.2) is 0 Å². The first kappa shape index (κ1) is 12.2. The minimum absolute atomic E-state index is 0.425. The van der Waals surface area contributed by atoms with Crippen LogP contribution in [0.4, 0.5) is 0 Å².